The fraction of sp³-hybridized carbons (Fsp3) is 0.351. The van der Waals surface area contributed by atoms with Gasteiger partial charge < -0.3 is 38.5 Å². The number of carbonyl (C=O) groups is 2. The van der Waals surface area contributed by atoms with Crippen molar-refractivity contribution in [3.63, 3.8) is 0 Å². The zero-order valence-electron chi connectivity index (χ0n) is 27.5. The Kier molecular flexibility index (Phi) is 9.53. The number of furan rings is 1. The van der Waals surface area contributed by atoms with Crippen LogP contribution in [0.5, 0.6) is 23.0 Å². The number of nitrogens with one attached hydrogen (secondary N) is 1. The summed E-state index contributed by atoms with van der Waals surface area (Å²) in [7, 11) is 4.86. The van der Waals surface area contributed by atoms with Crippen molar-refractivity contribution in [3.8, 4) is 23.0 Å². The topological polar surface area (TPSA) is 126 Å². The fourth-order valence-corrected chi connectivity index (χ4v) is 6.45. The molecule has 1 aliphatic heterocycles. The lowest BCUT2D eigenvalue weighted by Crippen LogP contribution is -2.48. The number of hydrogen-bond donors (Lipinski definition) is 2. The standard InChI is InChI=1S/C26H26O5.C11H15NO4/c1-28-19-11-9-18(10-12-19)26-21(17-7-5-4-6-8-17)13-14-25(26,27)24-22(30-3)15-20(29-2)16-23(24)31-26;1-11(2,3)16-10(14)12-6-8-4-5-9(7-13)15-8/h4-12,15-16,21,27H,13-14H2,1-3H3;4-5,7H,6H2,1-3H3,(H,12,14). The van der Waals surface area contributed by atoms with Gasteiger partial charge in [-0.1, -0.05) is 42.5 Å². The number of aliphatic hydroxyl groups is 1. The Hall–Kier alpha value is -4.96. The molecule has 2 N–H and O–H groups in total. The maximum absolute atomic E-state index is 12.3. The normalized spacial score (nSPS) is 20.9. The average molecular weight is 644 g/mol. The molecule has 10 nitrogen and oxygen atoms in total. The first-order valence-corrected chi connectivity index (χ1v) is 15.4. The molecule has 1 fully saturated rings. The zero-order valence-corrected chi connectivity index (χ0v) is 27.5. The number of fused-ring (bicyclic) bond motifs is 3. The quantitative estimate of drug-likeness (QED) is 0.198. The minimum Gasteiger partial charge on any atom is -0.497 e. The minimum atomic E-state index is -1.25. The number of carbonyl (C=O) groups excluding carboxylic acids is 2. The van der Waals surface area contributed by atoms with Gasteiger partial charge in [0, 0.05) is 18.1 Å². The van der Waals surface area contributed by atoms with E-state index in [1.165, 1.54) is 0 Å². The van der Waals surface area contributed by atoms with Gasteiger partial charge in [0.05, 0.1) is 33.4 Å². The van der Waals surface area contributed by atoms with E-state index >= 15 is 0 Å². The number of methoxy groups -OCH3 is 3. The predicted octanol–water partition coefficient (Wildman–Crippen LogP) is 6.88. The number of ether oxygens (including phenoxy) is 5. The van der Waals surface area contributed by atoms with E-state index in [9.17, 15) is 14.7 Å². The molecular formula is C37H41NO9. The third-order valence-electron chi connectivity index (χ3n) is 8.40. The molecule has 0 radical (unpaired) electrons. The molecule has 3 atom stereocenters. The van der Waals surface area contributed by atoms with Gasteiger partial charge in [-0.15, -0.1) is 0 Å². The predicted molar refractivity (Wildman–Crippen MR) is 174 cm³/mol. The highest BCUT2D eigenvalue weighted by molar-refractivity contribution is 5.70. The summed E-state index contributed by atoms with van der Waals surface area (Å²) in [4.78, 5) is 21.6. The maximum atomic E-state index is 12.3. The van der Waals surface area contributed by atoms with Crippen molar-refractivity contribution in [1.29, 1.82) is 0 Å². The van der Waals surface area contributed by atoms with Crippen LogP contribution in [0.15, 0.2) is 83.3 Å². The number of alkyl carbamates (subject to hydrolysis) is 1. The van der Waals surface area contributed by atoms with Crippen LogP contribution in [-0.4, -0.2) is 44.4 Å². The van der Waals surface area contributed by atoms with E-state index in [1.54, 1.807) is 60.3 Å². The second-order valence-corrected chi connectivity index (χ2v) is 12.4. The monoisotopic (exact) mass is 643 g/mol. The van der Waals surface area contributed by atoms with Crippen molar-refractivity contribution in [1.82, 2.24) is 5.32 Å². The van der Waals surface area contributed by atoms with Crippen molar-refractivity contribution < 1.29 is 42.8 Å². The first-order valence-electron chi connectivity index (χ1n) is 15.4. The third-order valence-corrected chi connectivity index (χ3v) is 8.40. The van der Waals surface area contributed by atoms with E-state index < -0.39 is 22.9 Å². The molecule has 0 bridgehead atoms. The molecule has 4 aromatic rings. The van der Waals surface area contributed by atoms with E-state index in [0.717, 1.165) is 23.3 Å². The van der Waals surface area contributed by atoms with Crippen LogP contribution in [0, 0.1) is 0 Å². The van der Waals surface area contributed by atoms with Gasteiger partial charge in [0.2, 0.25) is 0 Å². The van der Waals surface area contributed by atoms with Crippen LogP contribution in [-0.2, 0) is 22.5 Å². The van der Waals surface area contributed by atoms with E-state index in [0.29, 0.717) is 41.3 Å². The Morgan fingerprint density at radius 3 is 2.26 bits per heavy atom. The number of benzene rings is 3. The second-order valence-electron chi connectivity index (χ2n) is 12.4. The lowest BCUT2D eigenvalue weighted by atomic mass is 9.71. The van der Waals surface area contributed by atoms with Gasteiger partial charge in [0.1, 0.15) is 40.0 Å². The smallest absolute Gasteiger partial charge is 0.408 e. The Morgan fingerprint density at radius 1 is 0.957 bits per heavy atom. The first-order chi connectivity index (χ1) is 22.5. The van der Waals surface area contributed by atoms with E-state index in [4.69, 9.17) is 28.1 Å². The number of rotatable bonds is 8. The van der Waals surface area contributed by atoms with Gasteiger partial charge in [-0.3, -0.25) is 4.79 Å². The van der Waals surface area contributed by atoms with Crippen molar-refractivity contribution in [2.75, 3.05) is 21.3 Å². The van der Waals surface area contributed by atoms with Gasteiger partial charge in [0.25, 0.3) is 0 Å². The molecule has 0 spiro atoms. The third kappa shape index (κ3) is 6.51. The second kappa shape index (κ2) is 13.4. The van der Waals surface area contributed by atoms with Crippen LogP contribution in [0.25, 0.3) is 0 Å². The molecule has 1 aliphatic carbocycles. The molecule has 248 valence electrons. The van der Waals surface area contributed by atoms with Crippen molar-refractivity contribution in [3.05, 3.63) is 107 Å². The highest BCUT2D eigenvalue weighted by atomic mass is 16.6. The number of amides is 1. The van der Waals surface area contributed by atoms with Crippen LogP contribution in [0.1, 0.15) is 72.5 Å². The summed E-state index contributed by atoms with van der Waals surface area (Å²) >= 11 is 0. The molecule has 3 aromatic carbocycles. The van der Waals surface area contributed by atoms with Gasteiger partial charge in [0.15, 0.2) is 17.6 Å². The van der Waals surface area contributed by atoms with Crippen molar-refractivity contribution in [2.45, 2.75) is 62.9 Å². The Bertz CT molecular complexity index is 1690. The maximum Gasteiger partial charge on any atom is 0.408 e. The summed E-state index contributed by atoms with van der Waals surface area (Å²) in [6, 6.07) is 24.9. The largest absolute Gasteiger partial charge is 0.497 e. The Labute approximate surface area is 274 Å². The van der Waals surface area contributed by atoms with Crippen LogP contribution in [0.2, 0.25) is 0 Å². The molecule has 1 saturated carbocycles. The number of hydrogen-bond acceptors (Lipinski definition) is 9. The van der Waals surface area contributed by atoms with E-state index in [-0.39, 0.29) is 18.2 Å². The zero-order chi connectivity index (χ0) is 33.8. The summed E-state index contributed by atoms with van der Waals surface area (Å²) in [6.45, 7) is 5.54. The molecular weight excluding hydrogens is 602 g/mol. The van der Waals surface area contributed by atoms with E-state index in [1.807, 2.05) is 48.5 Å². The molecule has 0 saturated heterocycles. The molecule has 2 heterocycles. The molecule has 6 rings (SSSR count). The lowest BCUT2D eigenvalue weighted by molar-refractivity contribution is -0.106. The summed E-state index contributed by atoms with van der Waals surface area (Å²) in [5.41, 5.74) is -0.0591. The molecule has 2 aliphatic rings. The van der Waals surface area contributed by atoms with Crippen molar-refractivity contribution in [2.24, 2.45) is 0 Å². The van der Waals surface area contributed by atoms with Gasteiger partial charge in [-0.2, -0.15) is 0 Å². The fourth-order valence-electron chi connectivity index (χ4n) is 6.45. The molecule has 3 unspecified atom stereocenters. The molecule has 1 amide bonds. The lowest BCUT2D eigenvalue weighted by Gasteiger charge is -2.40. The van der Waals surface area contributed by atoms with Crippen LogP contribution >= 0.6 is 0 Å². The minimum absolute atomic E-state index is 0.0461. The van der Waals surface area contributed by atoms with Crippen molar-refractivity contribution >= 4 is 12.4 Å². The summed E-state index contributed by atoms with van der Waals surface area (Å²) in [6.07, 6.45) is 1.42. The average Bonchev–Trinajstić information content (AvgIpc) is 3.73. The van der Waals surface area contributed by atoms with Crippen LogP contribution < -0.4 is 24.3 Å². The first kappa shape index (κ1) is 33.4. The Balaban J connectivity index is 0.000000230. The SMILES string of the molecule is CC(C)(C)OC(=O)NCc1ccc(C=O)o1.COc1ccc(C23Oc4cc(OC)cc(OC)c4C2(O)CCC3c2ccccc2)cc1. The Morgan fingerprint density at radius 2 is 1.66 bits per heavy atom. The van der Waals surface area contributed by atoms with Gasteiger partial charge in [-0.25, -0.2) is 4.79 Å². The van der Waals surface area contributed by atoms with Gasteiger partial charge in [-0.05, 0) is 69.0 Å². The van der Waals surface area contributed by atoms with Crippen LogP contribution in [0.3, 0.4) is 0 Å². The highest BCUT2D eigenvalue weighted by Crippen LogP contribution is 2.68. The number of aldehydes is 1. The highest BCUT2D eigenvalue weighted by Gasteiger charge is 2.69. The molecule has 47 heavy (non-hydrogen) atoms. The summed E-state index contributed by atoms with van der Waals surface area (Å²) in [5, 5.41) is 14.9. The summed E-state index contributed by atoms with van der Waals surface area (Å²) < 4.78 is 33.4. The molecule has 1 aromatic heterocycles. The van der Waals surface area contributed by atoms with Gasteiger partial charge >= 0.3 is 6.09 Å². The molecule has 10 heteroatoms. The summed E-state index contributed by atoms with van der Waals surface area (Å²) in [5.74, 6) is 3.24. The van der Waals surface area contributed by atoms with Crippen LogP contribution in [0.4, 0.5) is 4.79 Å². The van der Waals surface area contributed by atoms with E-state index in [2.05, 4.69) is 17.4 Å².